The average Bonchev–Trinajstić information content (AvgIpc) is 3.08. The second-order valence-electron chi connectivity index (χ2n) is 5.44. The van der Waals surface area contributed by atoms with Crippen molar-refractivity contribution in [1.29, 1.82) is 0 Å². The van der Waals surface area contributed by atoms with E-state index in [0.29, 0.717) is 17.2 Å². The quantitative estimate of drug-likeness (QED) is 0.755. The van der Waals surface area contributed by atoms with Crippen LogP contribution >= 0.6 is 11.8 Å². The second-order valence-corrected chi connectivity index (χ2v) is 6.94. The Bertz CT molecular complexity index is 271. The summed E-state index contributed by atoms with van der Waals surface area (Å²) in [4.78, 5) is 14.3. The van der Waals surface area contributed by atoms with Gasteiger partial charge in [-0.2, -0.15) is 0 Å². The number of carbonyl (C=O) groups is 1. The minimum absolute atomic E-state index is 0.309. The molecule has 0 N–H and O–H groups in total. The van der Waals surface area contributed by atoms with Crippen molar-refractivity contribution in [2.45, 2.75) is 67.9 Å². The molecule has 3 heteroatoms. The van der Waals surface area contributed by atoms with Crippen LogP contribution in [-0.4, -0.2) is 33.9 Å². The molecule has 1 atom stereocenters. The summed E-state index contributed by atoms with van der Waals surface area (Å²) in [5.74, 6) is 0.457. The third-order valence-corrected chi connectivity index (χ3v) is 5.71. The summed E-state index contributed by atoms with van der Waals surface area (Å²) in [6.45, 7) is 1.04. The lowest BCUT2D eigenvalue weighted by atomic mass is 10.0. The molecule has 1 saturated heterocycles. The highest BCUT2D eigenvalue weighted by atomic mass is 32.2. The van der Waals surface area contributed by atoms with Crippen molar-refractivity contribution in [3.8, 4) is 0 Å². The van der Waals surface area contributed by atoms with Crippen LogP contribution in [0, 0.1) is 0 Å². The molecule has 1 amide bonds. The minimum Gasteiger partial charge on any atom is -0.339 e. The summed E-state index contributed by atoms with van der Waals surface area (Å²) in [7, 11) is 0. The van der Waals surface area contributed by atoms with Gasteiger partial charge in [-0.05, 0) is 32.1 Å². The molecule has 3 rings (SSSR count). The fourth-order valence-electron chi connectivity index (χ4n) is 2.98. The van der Waals surface area contributed by atoms with Crippen LogP contribution in [0.2, 0.25) is 0 Å². The van der Waals surface area contributed by atoms with Crippen molar-refractivity contribution < 1.29 is 4.79 Å². The van der Waals surface area contributed by atoms with Gasteiger partial charge >= 0.3 is 0 Å². The highest BCUT2D eigenvalue weighted by Gasteiger charge is 2.41. The fraction of sp³-hybridized carbons (Fsp3) is 0.923. The Hall–Kier alpha value is -0.180. The third-order valence-electron chi connectivity index (χ3n) is 4.09. The lowest BCUT2D eigenvalue weighted by Gasteiger charge is -2.23. The molecule has 0 aromatic heterocycles. The highest BCUT2D eigenvalue weighted by molar-refractivity contribution is 8.01. The second kappa shape index (κ2) is 4.59. The Morgan fingerprint density at radius 1 is 1.00 bits per heavy atom. The van der Waals surface area contributed by atoms with Crippen molar-refractivity contribution in [2.24, 2.45) is 0 Å². The third kappa shape index (κ3) is 2.24. The van der Waals surface area contributed by atoms with Gasteiger partial charge in [0.15, 0.2) is 0 Å². The van der Waals surface area contributed by atoms with Gasteiger partial charge < -0.3 is 4.90 Å². The predicted octanol–water partition coefficient (Wildman–Crippen LogP) is 2.82. The van der Waals surface area contributed by atoms with E-state index >= 15 is 0 Å². The van der Waals surface area contributed by atoms with Gasteiger partial charge in [-0.3, -0.25) is 4.79 Å². The largest absolute Gasteiger partial charge is 0.339 e. The lowest BCUT2D eigenvalue weighted by Crippen LogP contribution is -2.31. The fourth-order valence-corrected chi connectivity index (χ4v) is 4.55. The SMILES string of the molecule is O=C1C(SC2CCCCC2)CCN1C1CC1. The Labute approximate surface area is 102 Å². The van der Waals surface area contributed by atoms with Gasteiger partial charge in [0.2, 0.25) is 5.91 Å². The van der Waals surface area contributed by atoms with Crippen LogP contribution in [0.4, 0.5) is 0 Å². The maximum atomic E-state index is 12.2. The van der Waals surface area contributed by atoms with E-state index in [1.54, 1.807) is 0 Å². The van der Waals surface area contributed by atoms with Crippen LogP contribution in [0.25, 0.3) is 0 Å². The number of thioether (sulfide) groups is 1. The van der Waals surface area contributed by atoms with E-state index in [1.165, 1.54) is 44.9 Å². The Kier molecular flexibility index (Phi) is 3.14. The molecule has 90 valence electrons. The smallest absolute Gasteiger partial charge is 0.236 e. The molecule has 0 aromatic rings. The van der Waals surface area contributed by atoms with Crippen LogP contribution in [0.5, 0.6) is 0 Å². The van der Waals surface area contributed by atoms with Crippen LogP contribution in [-0.2, 0) is 4.79 Å². The van der Waals surface area contributed by atoms with E-state index in [-0.39, 0.29) is 0 Å². The maximum absolute atomic E-state index is 12.2. The van der Waals surface area contributed by atoms with Crippen LogP contribution in [0.15, 0.2) is 0 Å². The molecule has 1 heterocycles. The van der Waals surface area contributed by atoms with Gasteiger partial charge in [-0.1, -0.05) is 19.3 Å². The monoisotopic (exact) mass is 239 g/mol. The number of hydrogen-bond acceptors (Lipinski definition) is 2. The summed E-state index contributed by atoms with van der Waals surface area (Å²) < 4.78 is 0. The van der Waals surface area contributed by atoms with Crippen LogP contribution in [0.3, 0.4) is 0 Å². The molecule has 0 bridgehead atoms. The molecule has 3 fully saturated rings. The standard InChI is InChI=1S/C13H21NOS/c15-13-12(8-9-14(13)10-6-7-10)16-11-4-2-1-3-5-11/h10-12H,1-9H2. The van der Waals surface area contributed by atoms with Gasteiger partial charge in [-0.15, -0.1) is 11.8 Å². The molecule has 0 radical (unpaired) electrons. The van der Waals surface area contributed by atoms with Gasteiger partial charge in [0.05, 0.1) is 5.25 Å². The lowest BCUT2D eigenvalue weighted by molar-refractivity contribution is -0.127. The molecule has 2 aliphatic carbocycles. The molecular weight excluding hydrogens is 218 g/mol. The molecule has 2 nitrogen and oxygen atoms in total. The van der Waals surface area contributed by atoms with Crippen LogP contribution < -0.4 is 0 Å². The van der Waals surface area contributed by atoms with Gasteiger partial charge in [-0.25, -0.2) is 0 Å². The Morgan fingerprint density at radius 3 is 2.44 bits per heavy atom. The van der Waals surface area contributed by atoms with E-state index in [0.717, 1.165) is 18.2 Å². The molecule has 1 aliphatic heterocycles. The van der Waals surface area contributed by atoms with Crippen molar-refractivity contribution >= 4 is 17.7 Å². The van der Waals surface area contributed by atoms with E-state index in [4.69, 9.17) is 0 Å². The molecule has 0 aromatic carbocycles. The summed E-state index contributed by atoms with van der Waals surface area (Å²) >= 11 is 1.99. The molecule has 0 spiro atoms. The zero-order valence-corrected chi connectivity index (χ0v) is 10.7. The van der Waals surface area contributed by atoms with Gasteiger partial charge in [0.25, 0.3) is 0 Å². The van der Waals surface area contributed by atoms with Crippen LogP contribution in [0.1, 0.15) is 51.4 Å². The first-order valence-corrected chi connectivity index (χ1v) is 7.75. The maximum Gasteiger partial charge on any atom is 0.236 e. The molecule has 1 unspecified atom stereocenters. The van der Waals surface area contributed by atoms with E-state index < -0.39 is 0 Å². The van der Waals surface area contributed by atoms with E-state index in [1.807, 2.05) is 11.8 Å². The predicted molar refractivity (Wildman–Crippen MR) is 67.6 cm³/mol. The van der Waals surface area contributed by atoms with Gasteiger partial charge in [0.1, 0.15) is 0 Å². The van der Waals surface area contributed by atoms with E-state index in [9.17, 15) is 4.79 Å². The topological polar surface area (TPSA) is 20.3 Å². The summed E-state index contributed by atoms with van der Waals surface area (Å²) in [5.41, 5.74) is 0. The number of amides is 1. The van der Waals surface area contributed by atoms with Crippen molar-refractivity contribution in [1.82, 2.24) is 4.90 Å². The molecular formula is C13H21NOS. The van der Waals surface area contributed by atoms with Crippen molar-refractivity contribution in [3.63, 3.8) is 0 Å². The number of rotatable bonds is 3. The van der Waals surface area contributed by atoms with Gasteiger partial charge in [0, 0.05) is 17.8 Å². The Balaban J connectivity index is 1.53. The highest BCUT2D eigenvalue weighted by Crippen LogP contribution is 2.38. The number of nitrogens with zero attached hydrogens (tertiary/aromatic N) is 1. The summed E-state index contributed by atoms with van der Waals surface area (Å²) in [6.07, 6.45) is 10.5. The normalized spacial score (nSPS) is 32.4. The van der Waals surface area contributed by atoms with Crippen molar-refractivity contribution in [2.75, 3.05) is 6.54 Å². The average molecular weight is 239 g/mol. The Morgan fingerprint density at radius 2 is 1.75 bits per heavy atom. The number of likely N-dealkylation sites (tertiary alicyclic amines) is 1. The summed E-state index contributed by atoms with van der Waals surface area (Å²) in [5, 5.41) is 1.09. The van der Waals surface area contributed by atoms with E-state index in [2.05, 4.69) is 4.90 Å². The molecule has 16 heavy (non-hydrogen) atoms. The minimum atomic E-state index is 0.309. The molecule has 3 aliphatic rings. The first-order valence-electron chi connectivity index (χ1n) is 6.80. The number of carbonyl (C=O) groups excluding carboxylic acids is 1. The van der Waals surface area contributed by atoms with Crippen molar-refractivity contribution in [3.05, 3.63) is 0 Å². The first-order chi connectivity index (χ1) is 7.84. The zero-order valence-electron chi connectivity index (χ0n) is 9.86. The number of hydrogen-bond donors (Lipinski definition) is 0. The first kappa shape index (κ1) is 10.9. The summed E-state index contributed by atoms with van der Waals surface area (Å²) in [6, 6.07) is 0.629. The zero-order chi connectivity index (χ0) is 11.0. The molecule has 2 saturated carbocycles.